The fourth-order valence-corrected chi connectivity index (χ4v) is 5.68. The van der Waals surface area contributed by atoms with E-state index < -0.39 is 0 Å². The van der Waals surface area contributed by atoms with Crippen molar-refractivity contribution in [3.63, 3.8) is 0 Å². The molecule has 0 saturated carbocycles. The summed E-state index contributed by atoms with van der Waals surface area (Å²) in [6.45, 7) is 4.85. The van der Waals surface area contributed by atoms with Gasteiger partial charge in [-0.3, -0.25) is 49.1 Å². The van der Waals surface area contributed by atoms with Gasteiger partial charge in [0.2, 0.25) is 11.8 Å². The Morgan fingerprint density at radius 1 is 0.411 bits per heavy atom. The summed E-state index contributed by atoms with van der Waals surface area (Å²) < 4.78 is 0. The number of hydrogen-bond acceptors (Lipinski definition) is 10. The van der Waals surface area contributed by atoms with Crippen LogP contribution >= 0.6 is 0 Å². The average molecular weight is 749 g/mol. The van der Waals surface area contributed by atoms with Crippen LogP contribution in [0.25, 0.3) is 34.2 Å². The van der Waals surface area contributed by atoms with Crippen molar-refractivity contribution in [2.24, 2.45) is 0 Å². The number of pyridine rings is 6. The molecule has 56 heavy (non-hydrogen) atoms. The predicted octanol–water partition coefficient (Wildman–Crippen LogP) is 3.85. The fraction of sp³-hybridized carbons (Fsp3) is 0.190. The van der Waals surface area contributed by atoms with Gasteiger partial charge in [0.15, 0.2) is 0 Å². The number of aryl methyl sites for hydroxylation is 2. The van der Waals surface area contributed by atoms with Gasteiger partial charge >= 0.3 is 0 Å². The molecule has 6 aromatic rings. The Morgan fingerprint density at radius 3 is 1.12 bits per heavy atom. The molecular formula is C42H40N10O4. The van der Waals surface area contributed by atoms with E-state index in [-0.39, 0.29) is 62.6 Å². The van der Waals surface area contributed by atoms with Crippen LogP contribution in [-0.2, 0) is 22.4 Å². The molecule has 0 aliphatic heterocycles. The third kappa shape index (κ3) is 10.9. The fourth-order valence-electron chi connectivity index (χ4n) is 5.68. The highest BCUT2D eigenvalue weighted by Gasteiger charge is 2.13. The van der Waals surface area contributed by atoms with Crippen molar-refractivity contribution in [1.82, 2.24) is 51.2 Å². The first-order chi connectivity index (χ1) is 27.2. The molecule has 0 fully saturated rings. The highest BCUT2D eigenvalue weighted by atomic mass is 16.2. The Bertz CT molecular complexity index is 2200. The number of nitrogens with one attached hydrogen (secondary N) is 4. The van der Waals surface area contributed by atoms with E-state index in [0.717, 1.165) is 33.6 Å². The molecule has 0 radical (unpaired) electrons. The molecule has 14 nitrogen and oxygen atoms in total. The van der Waals surface area contributed by atoms with Crippen molar-refractivity contribution in [3.8, 4) is 34.2 Å². The Hall–Kier alpha value is -7.22. The summed E-state index contributed by atoms with van der Waals surface area (Å²) in [5.74, 6) is -1.08. The molecule has 0 aliphatic carbocycles. The summed E-state index contributed by atoms with van der Waals surface area (Å²) in [5.41, 5.74) is 8.09. The van der Waals surface area contributed by atoms with Crippen LogP contribution in [0.5, 0.6) is 0 Å². The smallest absolute Gasteiger partial charge is 0.251 e. The second kappa shape index (κ2) is 18.7. The maximum absolute atomic E-state index is 12.9. The second-order valence-corrected chi connectivity index (χ2v) is 13.0. The van der Waals surface area contributed by atoms with E-state index in [2.05, 4.69) is 51.2 Å². The van der Waals surface area contributed by atoms with Crippen molar-refractivity contribution < 1.29 is 19.2 Å². The SMILES string of the molecule is Cc1ccnc(-c2cc(CC(=O)NCCNC(=O)c3ccnc(-c4cc(C(=O)NCCNC(=O)Cc5ccnc(-c6cc(C)ccn6)c5)ccn4)c3)ccn2)c1. The lowest BCUT2D eigenvalue weighted by atomic mass is 10.1. The maximum atomic E-state index is 12.9. The van der Waals surface area contributed by atoms with E-state index in [0.29, 0.717) is 33.9 Å². The molecule has 4 N–H and O–H groups in total. The van der Waals surface area contributed by atoms with Crippen molar-refractivity contribution >= 4 is 23.6 Å². The molecule has 6 rings (SSSR count). The Kier molecular flexibility index (Phi) is 12.9. The number of nitrogens with zero attached hydrogens (tertiary/aromatic N) is 6. The molecule has 0 spiro atoms. The summed E-state index contributed by atoms with van der Waals surface area (Å²) in [4.78, 5) is 77.2. The number of carbonyl (C=O) groups is 4. The molecule has 0 aromatic carbocycles. The summed E-state index contributed by atoms with van der Waals surface area (Å²) in [7, 11) is 0. The number of aromatic nitrogens is 6. The van der Waals surface area contributed by atoms with Gasteiger partial charge in [0.1, 0.15) is 0 Å². The van der Waals surface area contributed by atoms with Crippen LogP contribution in [0, 0.1) is 13.8 Å². The van der Waals surface area contributed by atoms with Crippen LogP contribution in [0.15, 0.2) is 110 Å². The monoisotopic (exact) mass is 748 g/mol. The minimum atomic E-state index is -0.351. The van der Waals surface area contributed by atoms with Gasteiger partial charge in [0.25, 0.3) is 11.8 Å². The zero-order chi connectivity index (χ0) is 39.3. The third-order valence-corrected chi connectivity index (χ3v) is 8.51. The second-order valence-electron chi connectivity index (χ2n) is 13.0. The first kappa shape index (κ1) is 38.5. The van der Waals surface area contributed by atoms with E-state index in [1.807, 2.05) is 50.2 Å². The molecule has 0 saturated heterocycles. The van der Waals surface area contributed by atoms with E-state index >= 15 is 0 Å². The molecular weight excluding hydrogens is 709 g/mol. The lowest BCUT2D eigenvalue weighted by molar-refractivity contribution is -0.121. The predicted molar refractivity (Wildman–Crippen MR) is 210 cm³/mol. The summed E-state index contributed by atoms with van der Waals surface area (Å²) in [6, 6.07) is 21.3. The molecule has 4 amide bonds. The van der Waals surface area contributed by atoms with Crippen LogP contribution < -0.4 is 21.3 Å². The number of rotatable bonds is 15. The van der Waals surface area contributed by atoms with Gasteiger partial charge in [0.05, 0.1) is 47.0 Å². The van der Waals surface area contributed by atoms with Crippen LogP contribution in [0.3, 0.4) is 0 Å². The van der Waals surface area contributed by atoms with Gasteiger partial charge in [0, 0.05) is 74.5 Å². The van der Waals surface area contributed by atoms with E-state index in [1.54, 1.807) is 61.2 Å². The number of amides is 4. The van der Waals surface area contributed by atoms with E-state index in [9.17, 15) is 19.2 Å². The zero-order valence-electron chi connectivity index (χ0n) is 31.0. The molecule has 6 aromatic heterocycles. The highest BCUT2D eigenvalue weighted by Crippen LogP contribution is 2.19. The maximum Gasteiger partial charge on any atom is 0.251 e. The van der Waals surface area contributed by atoms with Crippen molar-refractivity contribution in [3.05, 3.63) is 143 Å². The molecule has 282 valence electrons. The van der Waals surface area contributed by atoms with Crippen LogP contribution in [0.2, 0.25) is 0 Å². The largest absolute Gasteiger partial charge is 0.354 e. The van der Waals surface area contributed by atoms with Gasteiger partial charge < -0.3 is 21.3 Å². The minimum absolute atomic E-state index is 0.158. The standard InChI is InChI=1S/C42H40N10O4/c1-27-3-9-43-33(19-27)35-21-29(5-11-45-35)23-39(53)49-15-17-51-41(55)31-7-13-47-37(25-31)38-26-32(8-14-48-38)42(56)52-18-16-50-40(54)24-30-6-12-46-36(22-30)34-20-28(2)4-10-44-34/h3-14,19-22,25-26H,15-18,23-24H2,1-2H3,(H,49,53)(H,50,54)(H,51,55)(H,52,56). The van der Waals surface area contributed by atoms with Crippen LogP contribution in [0.1, 0.15) is 43.0 Å². The first-order valence-corrected chi connectivity index (χ1v) is 18.0. The number of carbonyl (C=O) groups excluding carboxylic acids is 4. The third-order valence-electron chi connectivity index (χ3n) is 8.51. The Morgan fingerprint density at radius 2 is 0.732 bits per heavy atom. The first-order valence-electron chi connectivity index (χ1n) is 18.0. The molecule has 0 aliphatic rings. The molecule has 0 unspecified atom stereocenters. The van der Waals surface area contributed by atoms with Crippen LogP contribution in [0.4, 0.5) is 0 Å². The highest BCUT2D eigenvalue weighted by molar-refractivity contribution is 5.96. The topological polar surface area (TPSA) is 194 Å². The van der Waals surface area contributed by atoms with E-state index in [4.69, 9.17) is 0 Å². The minimum Gasteiger partial charge on any atom is -0.354 e. The Labute approximate surface area is 323 Å². The lowest BCUT2D eigenvalue weighted by Gasteiger charge is -2.10. The summed E-state index contributed by atoms with van der Waals surface area (Å²) in [5, 5.41) is 11.3. The molecule has 14 heteroatoms. The van der Waals surface area contributed by atoms with Crippen molar-refractivity contribution in [2.75, 3.05) is 26.2 Å². The van der Waals surface area contributed by atoms with Crippen molar-refractivity contribution in [2.45, 2.75) is 26.7 Å². The van der Waals surface area contributed by atoms with Crippen molar-refractivity contribution in [1.29, 1.82) is 0 Å². The van der Waals surface area contributed by atoms with Gasteiger partial charge in [-0.05, 0) is 109 Å². The van der Waals surface area contributed by atoms with Gasteiger partial charge in [-0.15, -0.1) is 0 Å². The van der Waals surface area contributed by atoms with Crippen LogP contribution in [-0.4, -0.2) is 79.7 Å². The summed E-state index contributed by atoms with van der Waals surface area (Å²) in [6.07, 6.45) is 10.1. The quantitative estimate of drug-likeness (QED) is 0.112. The molecule has 0 bridgehead atoms. The Balaban J connectivity index is 0.929. The van der Waals surface area contributed by atoms with Gasteiger partial charge in [-0.25, -0.2) is 0 Å². The molecule has 6 heterocycles. The molecule has 0 atom stereocenters. The number of hydrogen-bond donors (Lipinski definition) is 4. The normalized spacial score (nSPS) is 10.7. The summed E-state index contributed by atoms with van der Waals surface area (Å²) >= 11 is 0. The van der Waals surface area contributed by atoms with Gasteiger partial charge in [-0.2, -0.15) is 0 Å². The average Bonchev–Trinajstić information content (AvgIpc) is 3.21. The lowest BCUT2D eigenvalue weighted by Crippen LogP contribution is -2.35. The zero-order valence-corrected chi connectivity index (χ0v) is 31.0. The van der Waals surface area contributed by atoms with Gasteiger partial charge in [-0.1, -0.05) is 0 Å². The van der Waals surface area contributed by atoms with E-state index in [1.165, 1.54) is 12.4 Å².